The summed E-state index contributed by atoms with van der Waals surface area (Å²) in [6.07, 6.45) is 0.583. The van der Waals surface area contributed by atoms with Crippen LogP contribution in [0.15, 0.2) is 5.38 Å². The zero-order chi connectivity index (χ0) is 18.8. The second kappa shape index (κ2) is 7.71. The van der Waals surface area contributed by atoms with Gasteiger partial charge in [-0.2, -0.15) is 0 Å². The number of likely N-dealkylation sites (tertiary alicyclic amines) is 1. The maximum Gasteiger partial charge on any atom is 0.410 e. The number of rotatable bonds is 4. The highest BCUT2D eigenvalue weighted by Gasteiger charge is 2.44. The Morgan fingerprint density at radius 3 is 2.62 bits per heavy atom. The zero-order valence-electron chi connectivity index (χ0n) is 14.4. The number of carbonyl (C=O) groups excluding carboxylic acids is 3. The molecule has 2 fully saturated rings. The molecular weight excluding hydrogens is 384 g/mol. The maximum absolute atomic E-state index is 12.7. The molecule has 8 nitrogen and oxygen atoms in total. The van der Waals surface area contributed by atoms with E-state index in [0.29, 0.717) is 41.6 Å². The maximum atomic E-state index is 12.7. The molecule has 0 bridgehead atoms. The van der Waals surface area contributed by atoms with Crippen LogP contribution in [0.3, 0.4) is 0 Å². The van der Waals surface area contributed by atoms with Crippen LogP contribution < -0.4 is 4.74 Å². The third-order valence-electron chi connectivity index (χ3n) is 4.67. The molecule has 1 atom stereocenters. The van der Waals surface area contributed by atoms with E-state index in [1.165, 1.54) is 30.5 Å². The minimum Gasteiger partial charge on any atom is -0.493 e. The van der Waals surface area contributed by atoms with E-state index in [9.17, 15) is 14.4 Å². The summed E-state index contributed by atoms with van der Waals surface area (Å²) in [5.74, 6) is -0.262. The Morgan fingerprint density at radius 2 is 2.00 bits per heavy atom. The van der Waals surface area contributed by atoms with E-state index in [1.807, 2.05) is 0 Å². The fraction of sp³-hybridized carbons (Fsp3) is 0.562. The van der Waals surface area contributed by atoms with Gasteiger partial charge in [-0.25, -0.2) is 9.59 Å². The minimum atomic E-state index is -0.726. The fourth-order valence-electron chi connectivity index (χ4n) is 3.33. The van der Waals surface area contributed by atoms with Gasteiger partial charge in [-0.15, -0.1) is 11.3 Å². The lowest BCUT2D eigenvalue weighted by atomic mass is 10.0. The first-order valence-corrected chi connectivity index (χ1v) is 9.36. The highest BCUT2D eigenvalue weighted by molar-refractivity contribution is 7.15. The van der Waals surface area contributed by atoms with Crippen LogP contribution in [-0.4, -0.2) is 73.8 Å². The Labute approximate surface area is 159 Å². The number of hydrogen-bond donors (Lipinski definition) is 0. The predicted molar refractivity (Wildman–Crippen MR) is 93.8 cm³/mol. The lowest BCUT2D eigenvalue weighted by Crippen LogP contribution is -2.51. The van der Waals surface area contributed by atoms with E-state index < -0.39 is 18.1 Å². The molecule has 0 saturated carbocycles. The van der Waals surface area contributed by atoms with Crippen molar-refractivity contribution < 1.29 is 28.6 Å². The molecule has 0 N–H and O–H groups in total. The van der Waals surface area contributed by atoms with E-state index >= 15 is 0 Å². The number of esters is 1. The molecule has 3 heterocycles. The number of halogens is 1. The van der Waals surface area contributed by atoms with Gasteiger partial charge in [-0.1, -0.05) is 11.6 Å². The van der Waals surface area contributed by atoms with Gasteiger partial charge in [0.05, 0.1) is 19.8 Å². The van der Waals surface area contributed by atoms with E-state index in [4.69, 9.17) is 25.8 Å². The topological polar surface area (TPSA) is 85.4 Å². The number of cyclic esters (lactones) is 1. The zero-order valence-corrected chi connectivity index (χ0v) is 16.0. The molecule has 0 radical (unpaired) electrons. The quantitative estimate of drug-likeness (QED) is 0.716. The third kappa shape index (κ3) is 3.33. The molecule has 1 aromatic heterocycles. The Kier molecular flexibility index (Phi) is 5.57. The summed E-state index contributed by atoms with van der Waals surface area (Å²) >= 11 is 7.28. The number of carbonyl (C=O) groups is 3. The Balaban J connectivity index is 1.66. The van der Waals surface area contributed by atoms with Crippen molar-refractivity contribution in [2.24, 2.45) is 0 Å². The van der Waals surface area contributed by atoms with E-state index in [1.54, 1.807) is 10.3 Å². The van der Waals surface area contributed by atoms with E-state index in [2.05, 4.69) is 0 Å². The lowest BCUT2D eigenvalue weighted by Gasteiger charge is -2.37. The number of methoxy groups -OCH3 is 2. The Morgan fingerprint density at radius 1 is 1.31 bits per heavy atom. The number of piperidine rings is 1. The van der Waals surface area contributed by atoms with Gasteiger partial charge in [0.2, 0.25) is 0 Å². The van der Waals surface area contributed by atoms with Crippen LogP contribution in [0.2, 0.25) is 4.34 Å². The normalized spacial score (nSPS) is 20.9. The molecule has 0 aliphatic carbocycles. The van der Waals surface area contributed by atoms with Crippen LogP contribution in [-0.2, 0) is 14.3 Å². The molecule has 142 valence electrons. The van der Waals surface area contributed by atoms with Crippen molar-refractivity contribution in [2.45, 2.75) is 24.9 Å². The minimum absolute atomic E-state index is 0.00471. The van der Waals surface area contributed by atoms with Gasteiger partial charge in [0.15, 0.2) is 11.8 Å². The Bertz CT molecular complexity index is 716. The molecule has 2 saturated heterocycles. The van der Waals surface area contributed by atoms with E-state index in [0.717, 1.165) is 0 Å². The highest BCUT2D eigenvalue weighted by Crippen LogP contribution is 2.36. The average molecular weight is 403 g/mol. The first-order valence-electron chi connectivity index (χ1n) is 8.11. The summed E-state index contributed by atoms with van der Waals surface area (Å²) < 4.78 is 15.4. The molecule has 2 amide bonds. The molecule has 1 unspecified atom stereocenters. The predicted octanol–water partition coefficient (Wildman–Crippen LogP) is 2.01. The molecule has 2 aliphatic rings. The molecule has 1 aromatic rings. The van der Waals surface area contributed by atoms with Gasteiger partial charge in [-0.05, 0) is 12.8 Å². The number of thiophene rings is 1. The van der Waals surface area contributed by atoms with Gasteiger partial charge in [0, 0.05) is 24.5 Å². The van der Waals surface area contributed by atoms with Crippen LogP contribution >= 0.6 is 22.9 Å². The number of amides is 2. The summed E-state index contributed by atoms with van der Waals surface area (Å²) in [6, 6.07) is -0.901. The number of hydrogen-bond acceptors (Lipinski definition) is 7. The smallest absolute Gasteiger partial charge is 0.410 e. The van der Waals surface area contributed by atoms with Crippen molar-refractivity contribution in [3.8, 4) is 5.75 Å². The molecule has 3 rings (SSSR count). The van der Waals surface area contributed by atoms with Gasteiger partial charge in [-0.3, -0.25) is 9.69 Å². The lowest BCUT2D eigenvalue weighted by molar-refractivity contribution is -0.145. The van der Waals surface area contributed by atoms with Crippen LogP contribution in [0.5, 0.6) is 5.75 Å². The summed E-state index contributed by atoms with van der Waals surface area (Å²) in [7, 11) is 2.76. The van der Waals surface area contributed by atoms with Gasteiger partial charge in [0.25, 0.3) is 5.91 Å². The largest absolute Gasteiger partial charge is 0.493 e. The Hall–Kier alpha value is -2.00. The molecule has 26 heavy (non-hydrogen) atoms. The van der Waals surface area contributed by atoms with Crippen molar-refractivity contribution in [1.29, 1.82) is 0 Å². The van der Waals surface area contributed by atoms with Crippen molar-refractivity contribution in [2.75, 3.05) is 33.9 Å². The molecule has 10 heteroatoms. The first-order chi connectivity index (χ1) is 12.5. The second-order valence-electron chi connectivity index (χ2n) is 6.00. The van der Waals surface area contributed by atoms with Crippen molar-refractivity contribution in [1.82, 2.24) is 9.80 Å². The number of nitrogens with zero attached hydrogens (tertiary/aromatic N) is 2. The molecule has 2 aliphatic heterocycles. The molecule has 0 spiro atoms. The van der Waals surface area contributed by atoms with E-state index in [-0.39, 0.29) is 18.6 Å². The summed E-state index contributed by atoms with van der Waals surface area (Å²) in [4.78, 5) is 39.7. The number of ether oxygens (including phenoxy) is 3. The van der Waals surface area contributed by atoms with Crippen molar-refractivity contribution in [3.05, 3.63) is 15.3 Å². The second-order valence-corrected chi connectivity index (χ2v) is 7.48. The van der Waals surface area contributed by atoms with Crippen LogP contribution in [0.4, 0.5) is 4.79 Å². The summed E-state index contributed by atoms with van der Waals surface area (Å²) in [5.41, 5.74) is 0.439. The summed E-state index contributed by atoms with van der Waals surface area (Å²) in [6.45, 7) is 0.908. The van der Waals surface area contributed by atoms with Crippen LogP contribution in [0.1, 0.15) is 23.2 Å². The van der Waals surface area contributed by atoms with Gasteiger partial charge in [0.1, 0.15) is 10.9 Å². The van der Waals surface area contributed by atoms with Crippen LogP contribution in [0, 0.1) is 0 Å². The van der Waals surface area contributed by atoms with Gasteiger partial charge >= 0.3 is 12.1 Å². The van der Waals surface area contributed by atoms with Crippen molar-refractivity contribution >= 4 is 40.9 Å². The fourth-order valence-corrected chi connectivity index (χ4v) is 4.37. The monoisotopic (exact) mass is 402 g/mol. The average Bonchev–Trinajstić information content (AvgIpc) is 3.23. The van der Waals surface area contributed by atoms with Gasteiger partial charge < -0.3 is 19.1 Å². The summed E-state index contributed by atoms with van der Waals surface area (Å²) in [5, 5.41) is 1.68. The molecular formula is C16H19ClN2O6S. The van der Waals surface area contributed by atoms with Crippen molar-refractivity contribution in [3.63, 3.8) is 0 Å². The molecule has 0 aromatic carbocycles. The standard InChI is InChI=1S/C16H19ClN2O6S/c1-23-12-10(8-26-13(12)17)14(20)18-5-3-9(4-6-18)19-11(15(21)24-2)7-25-16(19)22/h8-9,11H,3-7H2,1-2H3. The highest BCUT2D eigenvalue weighted by atomic mass is 35.5. The SMILES string of the molecule is COC(=O)C1COC(=O)N1C1CCN(C(=O)c2csc(Cl)c2OC)CC1. The first kappa shape index (κ1) is 18.8. The third-order valence-corrected chi connectivity index (χ3v) is 5.85. The van der Waals surface area contributed by atoms with Crippen LogP contribution in [0.25, 0.3) is 0 Å².